The summed E-state index contributed by atoms with van der Waals surface area (Å²) in [5.41, 5.74) is 3.48. The van der Waals surface area contributed by atoms with Gasteiger partial charge in [-0.1, -0.05) is 18.2 Å². The first-order chi connectivity index (χ1) is 14.8. The molecule has 0 atom stereocenters. The topological polar surface area (TPSA) is 149 Å². The molecule has 10 heteroatoms. The van der Waals surface area contributed by atoms with Gasteiger partial charge in [0.1, 0.15) is 22.7 Å². The van der Waals surface area contributed by atoms with Gasteiger partial charge in [-0.15, -0.1) is 0 Å². The number of ether oxygens (including phenoxy) is 1. The van der Waals surface area contributed by atoms with E-state index in [1.807, 2.05) is 0 Å². The molecule has 10 nitrogen and oxygen atoms in total. The molecular formula is C21H26N4O6. The van der Waals surface area contributed by atoms with Gasteiger partial charge in [0.2, 0.25) is 0 Å². The number of aromatic amines is 1. The van der Waals surface area contributed by atoms with Crippen molar-refractivity contribution in [1.82, 2.24) is 14.8 Å². The van der Waals surface area contributed by atoms with Crippen LogP contribution in [0.4, 0.5) is 5.82 Å². The summed E-state index contributed by atoms with van der Waals surface area (Å²) in [5, 5.41) is 19.2. The zero-order valence-electron chi connectivity index (χ0n) is 17.3. The summed E-state index contributed by atoms with van der Waals surface area (Å²) in [6, 6.07) is 6.43. The molecule has 1 aliphatic rings. The number of aromatic carboxylic acids is 2. The second-order valence-corrected chi connectivity index (χ2v) is 7.45. The number of anilines is 1. The first kappa shape index (κ1) is 22.3. The lowest BCUT2D eigenvalue weighted by Gasteiger charge is -2.32. The number of benzene rings is 1. The maximum Gasteiger partial charge on any atom is 0.342 e. The van der Waals surface area contributed by atoms with E-state index in [1.54, 1.807) is 18.2 Å². The Morgan fingerprint density at radius 2 is 1.74 bits per heavy atom. The summed E-state index contributed by atoms with van der Waals surface area (Å²) in [4.78, 5) is 42.6. The van der Waals surface area contributed by atoms with Crippen LogP contribution in [0.3, 0.4) is 0 Å². The SMILES string of the molecule is CN1CCN(CCCOc2ccccc2-c2c(C(=O)O)c(N)[nH]c(=O)c2C(=O)O)CC1. The molecule has 3 rings (SSSR count). The van der Waals surface area contributed by atoms with Gasteiger partial charge in [0.05, 0.1) is 6.61 Å². The van der Waals surface area contributed by atoms with Crippen LogP contribution >= 0.6 is 0 Å². The number of hydrogen-bond acceptors (Lipinski definition) is 7. The van der Waals surface area contributed by atoms with E-state index in [1.165, 1.54) is 6.07 Å². The van der Waals surface area contributed by atoms with Gasteiger partial charge in [0.25, 0.3) is 5.56 Å². The zero-order valence-corrected chi connectivity index (χ0v) is 17.3. The highest BCUT2D eigenvalue weighted by Crippen LogP contribution is 2.35. The number of carboxylic acids is 2. The van der Waals surface area contributed by atoms with Gasteiger partial charge in [0, 0.05) is 43.9 Å². The van der Waals surface area contributed by atoms with Crippen molar-refractivity contribution in [2.45, 2.75) is 6.42 Å². The summed E-state index contributed by atoms with van der Waals surface area (Å²) < 4.78 is 5.88. The fourth-order valence-corrected chi connectivity index (χ4v) is 3.66. The Hall–Kier alpha value is -3.37. The van der Waals surface area contributed by atoms with Crippen LogP contribution in [-0.4, -0.2) is 83.3 Å². The number of carboxylic acid groups (broad SMARTS) is 2. The van der Waals surface area contributed by atoms with E-state index >= 15 is 0 Å². The maximum atomic E-state index is 12.3. The van der Waals surface area contributed by atoms with Crippen molar-refractivity contribution in [2.24, 2.45) is 0 Å². The van der Waals surface area contributed by atoms with Gasteiger partial charge in [-0.05, 0) is 19.5 Å². The molecule has 2 heterocycles. The second-order valence-electron chi connectivity index (χ2n) is 7.45. The molecule has 0 unspecified atom stereocenters. The van der Waals surface area contributed by atoms with Crippen molar-refractivity contribution in [3.05, 3.63) is 45.7 Å². The number of nitrogens with one attached hydrogen (secondary N) is 1. The number of pyridine rings is 1. The molecule has 1 fully saturated rings. The molecule has 0 aliphatic carbocycles. The van der Waals surface area contributed by atoms with Crippen molar-refractivity contribution < 1.29 is 24.5 Å². The summed E-state index contributed by atoms with van der Waals surface area (Å²) >= 11 is 0. The molecule has 1 aromatic heterocycles. The number of likely N-dealkylation sites (N-methyl/N-ethyl adjacent to an activating group) is 1. The predicted octanol–water partition coefficient (Wildman–Crippen LogP) is 1.04. The lowest BCUT2D eigenvalue weighted by atomic mass is 9.94. The first-order valence-corrected chi connectivity index (χ1v) is 9.95. The Morgan fingerprint density at radius 1 is 1.10 bits per heavy atom. The molecule has 1 aliphatic heterocycles. The van der Waals surface area contributed by atoms with E-state index in [0.717, 1.165) is 39.1 Å². The number of nitrogen functional groups attached to an aromatic ring is 1. The number of nitrogens with two attached hydrogens (primary N) is 1. The minimum atomic E-state index is -1.55. The fraction of sp³-hybridized carbons (Fsp3) is 0.381. The van der Waals surface area contributed by atoms with Crippen LogP contribution in [0.15, 0.2) is 29.1 Å². The number of carbonyl (C=O) groups is 2. The summed E-state index contributed by atoms with van der Waals surface area (Å²) in [6.45, 7) is 5.22. The molecule has 0 spiro atoms. The third-order valence-corrected chi connectivity index (χ3v) is 5.30. The van der Waals surface area contributed by atoms with Crippen LogP contribution in [0, 0.1) is 0 Å². The van der Waals surface area contributed by atoms with Gasteiger partial charge < -0.3 is 35.5 Å². The van der Waals surface area contributed by atoms with Crippen LogP contribution in [-0.2, 0) is 0 Å². The lowest BCUT2D eigenvalue weighted by Crippen LogP contribution is -2.44. The molecule has 0 saturated carbocycles. The van der Waals surface area contributed by atoms with E-state index in [9.17, 15) is 24.6 Å². The third kappa shape index (κ3) is 5.04. The minimum Gasteiger partial charge on any atom is -0.493 e. The Bertz CT molecular complexity index is 1030. The molecule has 0 radical (unpaired) electrons. The number of rotatable bonds is 8. The highest BCUT2D eigenvalue weighted by atomic mass is 16.5. The molecule has 1 saturated heterocycles. The van der Waals surface area contributed by atoms with Gasteiger partial charge in [-0.2, -0.15) is 0 Å². The molecule has 31 heavy (non-hydrogen) atoms. The van der Waals surface area contributed by atoms with E-state index in [-0.39, 0.29) is 16.9 Å². The molecule has 1 aromatic carbocycles. The number of hydrogen-bond donors (Lipinski definition) is 4. The standard InChI is InChI=1S/C21H26N4O6/c1-24-8-10-25(11-9-24)7-4-12-31-14-6-3-2-5-13(14)15-16(20(27)28)18(22)23-19(26)17(15)21(29)30/h2-3,5-6H,4,7-12H2,1H3,(H,27,28)(H,29,30)(H3,22,23,26). The maximum absolute atomic E-state index is 12.3. The lowest BCUT2D eigenvalue weighted by molar-refractivity contribution is 0.0695. The van der Waals surface area contributed by atoms with Crippen molar-refractivity contribution in [1.29, 1.82) is 0 Å². The number of nitrogens with zero attached hydrogens (tertiary/aromatic N) is 2. The number of piperazine rings is 1. The Labute approximate surface area is 178 Å². The Kier molecular flexibility index (Phi) is 6.93. The third-order valence-electron chi connectivity index (χ3n) is 5.30. The number of H-pyrrole nitrogens is 1. The number of aromatic nitrogens is 1. The van der Waals surface area contributed by atoms with Gasteiger partial charge in [-0.25, -0.2) is 9.59 Å². The summed E-state index contributed by atoms with van der Waals surface area (Å²) in [6.07, 6.45) is 0.743. The monoisotopic (exact) mass is 430 g/mol. The van der Waals surface area contributed by atoms with Crippen LogP contribution in [0.25, 0.3) is 11.1 Å². The molecule has 0 bridgehead atoms. The molecule has 2 aromatic rings. The number of para-hydroxylation sites is 1. The largest absolute Gasteiger partial charge is 0.493 e. The van der Waals surface area contributed by atoms with E-state index in [0.29, 0.717) is 6.61 Å². The quantitative estimate of drug-likeness (QED) is 0.451. The van der Waals surface area contributed by atoms with E-state index < -0.39 is 34.4 Å². The smallest absolute Gasteiger partial charge is 0.342 e. The minimum absolute atomic E-state index is 0.190. The normalized spacial score (nSPS) is 15.0. The molecule has 5 N–H and O–H groups in total. The summed E-state index contributed by atoms with van der Waals surface area (Å²) in [5.74, 6) is -3.13. The van der Waals surface area contributed by atoms with Gasteiger partial charge in [-0.3, -0.25) is 4.79 Å². The Balaban J connectivity index is 1.87. The van der Waals surface area contributed by atoms with Crippen LogP contribution in [0.2, 0.25) is 0 Å². The zero-order chi connectivity index (χ0) is 22.5. The van der Waals surface area contributed by atoms with Crippen molar-refractivity contribution >= 4 is 17.8 Å². The predicted molar refractivity (Wildman–Crippen MR) is 115 cm³/mol. The van der Waals surface area contributed by atoms with Crippen LogP contribution in [0.5, 0.6) is 5.75 Å². The van der Waals surface area contributed by atoms with E-state index in [2.05, 4.69) is 21.8 Å². The average molecular weight is 430 g/mol. The van der Waals surface area contributed by atoms with Crippen LogP contribution in [0.1, 0.15) is 27.1 Å². The Morgan fingerprint density at radius 3 is 2.39 bits per heavy atom. The van der Waals surface area contributed by atoms with Gasteiger partial charge >= 0.3 is 11.9 Å². The first-order valence-electron chi connectivity index (χ1n) is 9.95. The highest BCUT2D eigenvalue weighted by molar-refractivity contribution is 6.08. The van der Waals surface area contributed by atoms with Crippen molar-refractivity contribution in [3.8, 4) is 16.9 Å². The summed E-state index contributed by atoms with van der Waals surface area (Å²) in [7, 11) is 2.09. The van der Waals surface area contributed by atoms with Gasteiger partial charge in [0.15, 0.2) is 0 Å². The fourth-order valence-electron chi connectivity index (χ4n) is 3.66. The molecule has 0 amide bonds. The van der Waals surface area contributed by atoms with Crippen LogP contribution < -0.4 is 16.0 Å². The van der Waals surface area contributed by atoms with Crippen molar-refractivity contribution in [3.63, 3.8) is 0 Å². The second kappa shape index (κ2) is 9.63. The molecule has 166 valence electrons. The van der Waals surface area contributed by atoms with Crippen molar-refractivity contribution in [2.75, 3.05) is 52.1 Å². The van der Waals surface area contributed by atoms with E-state index in [4.69, 9.17) is 10.5 Å². The molecular weight excluding hydrogens is 404 g/mol. The average Bonchev–Trinajstić information content (AvgIpc) is 2.71. The highest BCUT2D eigenvalue weighted by Gasteiger charge is 2.28.